The zero-order chi connectivity index (χ0) is 11.9. The Labute approximate surface area is 94.8 Å². The number of hydrogen-bond donors (Lipinski definition) is 1. The third kappa shape index (κ3) is 5.92. The molecule has 3 heteroatoms. The first kappa shape index (κ1) is 14.6. The second-order valence-electron chi connectivity index (χ2n) is 5.11. The first-order valence-electron chi connectivity index (χ1n) is 5.38. The predicted molar refractivity (Wildman–Crippen MR) is 68.5 cm³/mol. The van der Waals surface area contributed by atoms with Gasteiger partial charge < -0.3 is 9.53 Å². The molecule has 0 spiro atoms. The van der Waals surface area contributed by atoms with E-state index in [2.05, 4.69) is 33.9 Å². The van der Waals surface area contributed by atoms with Crippen molar-refractivity contribution in [2.45, 2.75) is 38.9 Å². The number of hydrogen-bond acceptors (Lipinski definition) is 2. The first-order chi connectivity index (χ1) is 6.81. The summed E-state index contributed by atoms with van der Waals surface area (Å²) in [6, 6.07) is 0. The molecule has 0 saturated carbocycles. The third-order valence-corrected chi connectivity index (χ3v) is 7.34. The molecule has 0 amide bonds. The van der Waals surface area contributed by atoms with Crippen molar-refractivity contribution in [2.75, 3.05) is 13.2 Å². The van der Waals surface area contributed by atoms with Gasteiger partial charge in [-0.1, -0.05) is 45.1 Å². The van der Waals surface area contributed by atoms with E-state index in [1.807, 2.05) is 18.2 Å². The normalized spacial score (nSPS) is 14.3. The summed E-state index contributed by atoms with van der Waals surface area (Å²) in [5.41, 5.74) is 0. The summed E-state index contributed by atoms with van der Waals surface area (Å²) in [4.78, 5) is 0. The fourth-order valence-corrected chi connectivity index (χ4v) is 1.69. The van der Waals surface area contributed by atoms with Crippen molar-refractivity contribution in [2.24, 2.45) is 0 Å². The molecule has 0 bridgehead atoms. The van der Waals surface area contributed by atoms with Gasteiger partial charge in [0.05, 0.1) is 13.2 Å². The Morgan fingerprint density at radius 2 is 1.67 bits per heavy atom. The van der Waals surface area contributed by atoms with Crippen LogP contribution in [0.2, 0.25) is 18.1 Å². The molecule has 0 atom stereocenters. The zero-order valence-corrected chi connectivity index (χ0v) is 11.6. The Bertz CT molecular complexity index is 224. The summed E-state index contributed by atoms with van der Waals surface area (Å²) < 4.78 is 5.93. The summed E-state index contributed by atoms with van der Waals surface area (Å²) in [6.07, 6.45) is 7.41. The van der Waals surface area contributed by atoms with E-state index in [4.69, 9.17) is 9.53 Å². The van der Waals surface area contributed by atoms with Crippen LogP contribution in [0.4, 0.5) is 0 Å². The second kappa shape index (κ2) is 6.25. The Kier molecular flexibility index (Phi) is 6.09. The highest BCUT2D eigenvalue weighted by molar-refractivity contribution is 6.74. The summed E-state index contributed by atoms with van der Waals surface area (Å²) in [7, 11) is -1.60. The van der Waals surface area contributed by atoms with Gasteiger partial charge in [-0.15, -0.1) is 0 Å². The van der Waals surface area contributed by atoms with E-state index in [1.165, 1.54) is 0 Å². The van der Waals surface area contributed by atoms with Gasteiger partial charge in [0.2, 0.25) is 0 Å². The number of aliphatic hydroxyl groups is 1. The molecular formula is C12H24O2Si. The van der Waals surface area contributed by atoms with Crippen LogP contribution >= 0.6 is 0 Å². The van der Waals surface area contributed by atoms with Crippen LogP contribution in [0.1, 0.15) is 20.8 Å². The van der Waals surface area contributed by atoms with Gasteiger partial charge in [0, 0.05) is 0 Å². The Morgan fingerprint density at radius 3 is 2.13 bits per heavy atom. The molecule has 0 aliphatic rings. The molecule has 0 fully saturated rings. The standard InChI is InChI=1S/C12H24O2Si/c1-12(2,3)15(4,5)14-11-9-7-6-8-10-13/h6-9,13H,10-11H2,1-5H3. The Hall–Kier alpha value is -0.383. The van der Waals surface area contributed by atoms with Crippen LogP contribution in [0.3, 0.4) is 0 Å². The minimum Gasteiger partial charge on any atom is -0.413 e. The molecule has 1 N–H and O–H groups in total. The lowest BCUT2D eigenvalue weighted by Crippen LogP contribution is -2.40. The summed E-state index contributed by atoms with van der Waals surface area (Å²) >= 11 is 0. The smallest absolute Gasteiger partial charge is 0.192 e. The highest BCUT2D eigenvalue weighted by atomic mass is 28.4. The van der Waals surface area contributed by atoms with Crippen molar-refractivity contribution < 1.29 is 9.53 Å². The average Bonchev–Trinajstić information content (AvgIpc) is 2.09. The number of aliphatic hydroxyl groups excluding tert-OH is 1. The molecule has 0 aromatic carbocycles. The van der Waals surface area contributed by atoms with E-state index in [1.54, 1.807) is 6.08 Å². The van der Waals surface area contributed by atoms with Crippen LogP contribution in [0.5, 0.6) is 0 Å². The molecule has 0 radical (unpaired) electrons. The minimum atomic E-state index is -1.60. The van der Waals surface area contributed by atoms with Crippen molar-refractivity contribution in [3.8, 4) is 0 Å². The second-order valence-corrected chi connectivity index (χ2v) is 9.92. The van der Waals surface area contributed by atoms with Crippen molar-refractivity contribution in [3.63, 3.8) is 0 Å². The quantitative estimate of drug-likeness (QED) is 0.579. The number of allylic oxidation sites excluding steroid dienone is 2. The van der Waals surface area contributed by atoms with Gasteiger partial charge in [0.15, 0.2) is 8.32 Å². The number of rotatable bonds is 5. The molecule has 0 rings (SSSR count). The van der Waals surface area contributed by atoms with E-state index in [-0.39, 0.29) is 11.6 Å². The fourth-order valence-electron chi connectivity index (χ4n) is 0.747. The summed E-state index contributed by atoms with van der Waals surface area (Å²) in [5.74, 6) is 0. The average molecular weight is 228 g/mol. The predicted octanol–water partition coefficient (Wildman–Crippen LogP) is 3.11. The van der Waals surface area contributed by atoms with E-state index in [9.17, 15) is 0 Å². The van der Waals surface area contributed by atoms with E-state index in [0.717, 1.165) is 0 Å². The first-order valence-corrected chi connectivity index (χ1v) is 8.28. The molecule has 15 heavy (non-hydrogen) atoms. The maximum Gasteiger partial charge on any atom is 0.192 e. The maximum absolute atomic E-state index is 8.51. The van der Waals surface area contributed by atoms with Crippen LogP contribution in [0, 0.1) is 0 Å². The van der Waals surface area contributed by atoms with Crippen LogP contribution in [-0.4, -0.2) is 26.6 Å². The highest BCUT2D eigenvalue weighted by Crippen LogP contribution is 2.36. The molecule has 0 saturated heterocycles. The van der Waals surface area contributed by atoms with Gasteiger partial charge >= 0.3 is 0 Å². The van der Waals surface area contributed by atoms with Gasteiger partial charge in [0.1, 0.15) is 0 Å². The lowest BCUT2D eigenvalue weighted by molar-refractivity contribution is 0.328. The SMILES string of the molecule is CC(C)(C)[Si](C)(C)OCC=CC=CCO. The Morgan fingerprint density at radius 1 is 1.13 bits per heavy atom. The molecule has 0 aromatic rings. The molecular weight excluding hydrogens is 204 g/mol. The van der Waals surface area contributed by atoms with Gasteiger partial charge in [-0.05, 0) is 18.1 Å². The van der Waals surface area contributed by atoms with Crippen LogP contribution in [-0.2, 0) is 4.43 Å². The highest BCUT2D eigenvalue weighted by Gasteiger charge is 2.36. The maximum atomic E-state index is 8.51. The van der Waals surface area contributed by atoms with E-state index >= 15 is 0 Å². The summed E-state index contributed by atoms with van der Waals surface area (Å²) in [6.45, 7) is 11.9. The van der Waals surface area contributed by atoms with E-state index < -0.39 is 8.32 Å². The molecule has 0 unspecified atom stereocenters. The van der Waals surface area contributed by atoms with Crippen molar-refractivity contribution in [1.82, 2.24) is 0 Å². The fraction of sp³-hybridized carbons (Fsp3) is 0.667. The van der Waals surface area contributed by atoms with Gasteiger partial charge in [-0.25, -0.2) is 0 Å². The molecule has 88 valence electrons. The van der Waals surface area contributed by atoms with E-state index in [0.29, 0.717) is 6.61 Å². The third-order valence-electron chi connectivity index (χ3n) is 2.84. The van der Waals surface area contributed by atoms with Crippen LogP contribution in [0.25, 0.3) is 0 Å². The zero-order valence-electron chi connectivity index (χ0n) is 10.6. The topological polar surface area (TPSA) is 29.5 Å². The minimum absolute atomic E-state index is 0.0907. The van der Waals surface area contributed by atoms with Gasteiger partial charge in [-0.3, -0.25) is 0 Å². The summed E-state index contributed by atoms with van der Waals surface area (Å²) in [5, 5.41) is 8.78. The van der Waals surface area contributed by atoms with Crippen LogP contribution in [0.15, 0.2) is 24.3 Å². The molecule has 2 nitrogen and oxygen atoms in total. The molecule has 0 aliphatic heterocycles. The van der Waals surface area contributed by atoms with Crippen molar-refractivity contribution in [3.05, 3.63) is 24.3 Å². The van der Waals surface area contributed by atoms with Crippen molar-refractivity contribution >= 4 is 8.32 Å². The largest absolute Gasteiger partial charge is 0.413 e. The molecule has 0 heterocycles. The monoisotopic (exact) mass is 228 g/mol. The van der Waals surface area contributed by atoms with Gasteiger partial charge in [0.25, 0.3) is 0 Å². The van der Waals surface area contributed by atoms with Crippen molar-refractivity contribution in [1.29, 1.82) is 0 Å². The lowest BCUT2D eigenvalue weighted by atomic mass is 10.2. The van der Waals surface area contributed by atoms with Crippen LogP contribution < -0.4 is 0 Å². The lowest BCUT2D eigenvalue weighted by Gasteiger charge is -2.35. The molecule has 0 aliphatic carbocycles. The van der Waals surface area contributed by atoms with Gasteiger partial charge in [-0.2, -0.15) is 0 Å². The molecule has 0 aromatic heterocycles. The Balaban J connectivity index is 3.96.